The number of H-pyrrole nitrogens is 2. The molecule has 266 valence electrons. The second-order valence-electron chi connectivity index (χ2n) is 10.5. The van der Waals surface area contributed by atoms with Gasteiger partial charge in [-0.15, -0.1) is 0 Å². The third-order valence-electron chi connectivity index (χ3n) is 6.96. The third-order valence-corrected chi connectivity index (χ3v) is 6.96. The number of anilines is 2. The van der Waals surface area contributed by atoms with Gasteiger partial charge in [0, 0.05) is 18.7 Å². The number of amides is 4. The van der Waals surface area contributed by atoms with E-state index in [1.807, 2.05) is 0 Å². The van der Waals surface area contributed by atoms with E-state index in [0.29, 0.717) is 28.4 Å². The summed E-state index contributed by atoms with van der Waals surface area (Å²) in [5.74, 6) is -2.42. The van der Waals surface area contributed by atoms with Crippen molar-refractivity contribution in [1.82, 2.24) is 20.6 Å². The summed E-state index contributed by atoms with van der Waals surface area (Å²) in [6.07, 6.45) is -9.05. The van der Waals surface area contributed by atoms with Gasteiger partial charge in [-0.2, -0.15) is 26.3 Å². The lowest BCUT2D eigenvalue weighted by atomic mass is 10.1. The van der Waals surface area contributed by atoms with E-state index < -0.39 is 52.9 Å². The summed E-state index contributed by atoms with van der Waals surface area (Å²) in [6.45, 7) is -0.282. The van der Waals surface area contributed by atoms with Crippen molar-refractivity contribution in [3.63, 3.8) is 0 Å². The fourth-order valence-electron chi connectivity index (χ4n) is 4.52. The Bertz CT molecular complexity index is 2310. The van der Waals surface area contributed by atoms with Crippen LogP contribution in [0, 0.1) is 5.82 Å². The van der Waals surface area contributed by atoms with Gasteiger partial charge in [-0.1, -0.05) is 30.3 Å². The zero-order valence-corrected chi connectivity index (χ0v) is 25.5. The van der Waals surface area contributed by atoms with E-state index in [-0.39, 0.29) is 35.4 Å². The molecule has 6 aromatic rings. The van der Waals surface area contributed by atoms with E-state index in [0.717, 1.165) is 24.3 Å². The van der Waals surface area contributed by atoms with Gasteiger partial charge in [0.25, 0.3) is 0 Å². The monoisotopic (exact) mass is 720 g/mol. The highest BCUT2D eigenvalue weighted by atomic mass is 19.4. The van der Waals surface area contributed by atoms with E-state index in [1.165, 1.54) is 24.3 Å². The molecule has 0 aliphatic heterocycles. The number of rotatable bonds is 6. The van der Waals surface area contributed by atoms with Gasteiger partial charge in [-0.05, 0) is 54.1 Å². The zero-order valence-electron chi connectivity index (χ0n) is 25.5. The average Bonchev–Trinajstić information content (AvgIpc) is 3.65. The second-order valence-corrected chi connectivity index (χ2v) is 10.5. The van der Waals surface area contributed by atoms with Crippen molar-refractivity contribution in [2.45, 2.75) is 25.4 Å². The Morgan fingerprint density at radius 1 is 0.627 bits per heavy atom. The first-order valence-corrected chi connectivity index (χ1v) is 14.4. The molecule has 19 heteroatoms. The van der Waals surface area contributed by atoms with Gasteiger partial charge >= 0.3 is 35.9 Å². The van der Waals surface area contributed by atoms with Crippen LogP contribution in [-0.4, -0.2) is 22.0 Å². The number of urea groups is 2. The molecule has 0 spiro atoms. The Morgan fingerprint density at radius 3 is 1.57 bits per heavy atom. The molecule has 0 atom stereocenters. The minimum absolute atomic E-state index is 0.0435. The van der Waals surface area contributed by atoms with Gasteiger partial charge in [-0.3, -0.25) is 9.97 Å². The fraction of sp³-hybridized carbons (Fsp3) is 0.125. The number of hydrogen-bond donors (Lipinski definition) is 6. The number of para-hydroxylation sites is 2. The Labute approximate surface area is 279 Å². The molecule has 4 amide bonds. The van der Waals surface area contributed by atoms with Crippen LogP contribution in [0.1, 0.15) is 22.3 Å². The summed E-state index contributed by atoms with van der Waals surface area (Å²) in [5, 5.41) is 9.83. The highest BCUT2D eigenvalue weighted by Gasteiger charge is 2.31. The quantitative estimate of drug-likeness (QED) is 0.101. The molecular formula is C32H23F7N6O6. The van der Waals surface area contributed by atoms with Gasteiger partial charge < -0.3 is 30.1 Å². The van der Waals surface area contributed by atoms with Crippen LogP contribution >= 0.6 is 0 Å². The first kappa shape index (κ1) is 35.8. The normalized spacial score (nSPS) is 11.5. The van der Waals surface area contributed by atoms with Gasteiger partial charge in [0.15, 0.2) is 11.2 Å². The van der Waals surface area contributed by atoms with Crippen molar-refractivity contribution in [3.8, 4) is 0 Å². The number of benzene rings is 4. The molecule has 6 N–H and O–H groups in total. The summed E-state index contributed by atoms with van der Waals surface area (Å²) in [7, 11) is 0. The minimum Gasteiger partial charge on any atom is -0.408 e. The molecule has 0 saturated carbocycles. The van der Waals surface area contributed by atoms with Crippen LogP contribution in [0.3, 0.4) is 0 Å². The molecule has 2 aromatic heterocycles. The molecule has 4 aromatic carbocycles. The summed E-state index contributed by atoms with van der Waals surface area (Å²) < 4.78 is 98.5. The lowest BCUT2D eigenvalue weighted by molar-refractivity contribution is -0.138. The molecule has 0 aliphatic carbocycles. The highest BCUT2D eigenvalue weighted by molar-refractivity contribution is 5.98. The summed E-state index contributed by atoms with van der Waals surface area (Å²) in [6, 6.07) is 14.5. The van der Waals surface area contributed by atoms with Crippen molar-refractivity contribution in [3.05, 3.63) is 128 Å². The van der Waals surface area contributed by atoms with Crippen LogP contribution < -0.4 is 32.8 Å². The standard InChI is InChI=1S/C16H11F4N3O3.C16H12F3N3O3/c17-10-6-9(16(18,19)20)5-4-8(10)7-21-14(24)22-11-2-1-3-12-13(11)23-15(25)26-12;17-16(18,19)10-6-4-9(5-7-10)8-20-14(23)21-11-2-1-3-12-13(11)22-15(24)25-12/h1-6H,7H2,(H,23,25)(H2,21,22,24);1-7H,8H2,(H,22,24)(H2,20,21,23). The van der Waals surface area contributed by atoms with Crippen molar-refractivity contribution in [1.29, 1.82) is 0 Å². The molecule has 6 rings (SSSR count). The fourth-order valence-corrected chi connectivity index (χ4v) is 4.52. The van der Waals surface area contributed by atoms with Gasteiger partial charge in [0.1, 0.15) is 16.9 Å². The van der Waals surface area contributed by atoms with Crippen LogP contribution in [0.5, 0.6) is 0 Å². The maximum Gasteiger partial charge on any atom is 0.417 e. The second kappa shape index (κ2) is 14.5. The number of nitrogens with one attached hydrogen (secondary N) is 6. The van der Waals surface area contributed by atoms with Crippen LogP contribution in [0.15, 0.2) is 97.3 Å². The molecule has 0 radical (unpaired) electrons. The molecular weight excluding hydrogens is 697 g/mol. The summed E-state index contributed by atoms with van der Waals surface area (Å²) in [4.78, 5) is 51.1. The Kier molecular flexibility index (Phi) is 10.2. The summed E-state index contributed by atoms with van der Waals surface area (Å²) in [5.41, 5.74) is 0.279. The van der Waals surface area contributed by atoms with E-state index in [2.05, 4.69) is 31.2 Å². The van der Waals surface area contributed by atoms with Crippen molar-refractivity contribution in [2.75, 3.05) is 10.6 Å². The smallest absolute Gasteiger partial charge is 0.408 e. The number of alkyl halides is 6. The number of aromatic nitrogens is 2. The molecule has 0 fully saturated rings. The van der Waals surface area contributed by atoms with Crippen LogP contribution in [-0.2, 0) is 25.4 Å². The molecule has 2 heterocycles. The lowest BCUT2D eigenvalue weighted by Gasteiger charge is -2.11. The van der Waals surface area contributed by atoms with E-state index in [9.17, 15) is 49.9 Å². The van der Waals surface area contributed by atoms with Gasteiger partial charge in [0.2, 0.25) is 0 Å². The molecule has 0 unspecified atom stereocenters. The Morgan fingerprint density at radius 2 is 1.10 bits per heavy atom. The third kappa shape index (κ3) is 9.13. The Balaban J connectivity index is 0.000000198. The maximum absolute atomic E-state index is 13.7. The molecule has 12 nitrogen and oxygen atoms in total. The number of hydrogen-bond acceptors (Lipinski definition) is 6. The van der Waals surface area contributed by atoms with Crippen molar-refractivity contribution >= 4 is 45.6 Å². The SMILES string of the molecule is O=C(NCc1ccc(C(F)(F)F)cc1)Nc1cccc2oc(=O)[nH]c12.O=C(NCc1ccc(C(F)(F)F)cc1F)Nc1cccc2oc(=O)[nH]c12. The number of fused-ring (bicyclic) bond motifs is 2. The molecule has 51 heavy (non-hydrogen) atoms. The number of carbonyl (C=O) groups excluding carboxylic acids is 2. The largest absolute Gasteiger partial charge is 0.417 e. The topological polar surface area (TPSA) is 174 Å². The first-order valence-electron chi connectivity index (χ1n) is 14.4. The molecule has 0 aliphatic rings. The number of oxazole rings is 2. The van der Waals surface area contributed by atoms with E-state index in [4.69, 9.17) is 8.83 Å². The molecule has 0 bridgehead atoms. The minimum atomic E-state index is -4.65. The van der Waals surface area contributed by atoms with E-state index in [1.54, 1.807) is 24.3 Å². The lowest BCUT2D eigenvalue weighted by Crippen LogP contribution is -2.28. The number of halogens is 7. The maximum atomic E-state index is 13.7. The average molecular weight is 721 g/mol. The zero-order chi connectivity index (χ0) is 36.9. The number of carbonyl (C=O) groups is 2. The number of aromatic amines is 2. The Hall–Kier alpha value is -6.53. The van der Waals surface area contributed by atoms with Gasteiger partial charge in [0.05, 0.1) is 22.5 Å². The first-order chi connectivity index (χ1) is 24.1. The van der Waals surface area contributed by atoms with Gasteiger partial charge in [-0.25, -0.2) is 23.6 Å². The predicted octanol–water partition coefficient (Wildman–Crippen LogP) is 7.06. The summed E-state index contributed by atoms with van der Waals surface area (Å²) >= 11 is 0. The van der Waals surface area contributed by atoms with E-state index >= 15 is 0 Å². The van der Waals surface area contributed by atoms with Crippen LogP contribution in [0.2, 0.25) is 0 Å². The highest BCUT2D eigenvalue weighted by Crippen LogP contribution is 2.31. The van der Waals surface area contributed by atoms with Crippen molar-refractivity contribution in [2.24, 2.45) is 0 Å². The van der Waals surface area contributed by atoms with Crippen LogP contribution in [0.25, 0.3) is 22.2 Å². The molecule has 0 saturated heterocycles. The predicted molar refractivity (Wildman–Crippen MR) is 168 cm³/mol. The van der Waals surface area contributed by atoms with Crippen molar-refractivity contribution < 1.29 is 49.2 Å². The van der Waals surface area contributed by atoms with Crippen LogP contribution in [0.4, 0.5) is 51.7 Å².